The first-order chi connectivity index (χ1) is 12.2. The Morgan fingerprint density at radius 2 is 1.88 bits per heavy atom. The van der Waals surface area contributed by atoms with E-state index in [1.54, 1.807) is 18.4 Å². The van der Waals surface area contributed by atoms with Crippen LogP contribution in [0.3, 0.4) is 0 Å². The molecule has 1 N–H and O–H groups in total. The first kappa shape index (κ1) is 17.5. The minimum absolute atomic E-state index is 0.0494. The molecule has 0 saturated heterocycles. The number of carbonyl (C=O) groups is 1. The lowest BCUT2D eigenvalue weighted by Gasteiger charge is -2.11. The lowest BCUT2D eigenvalue weighted by molar-refractivity contribution is -0.115. The number of amides is 1. The Labute approximate surface area is 155 Å². The lowest BCUT2D eigenvalue weighted by atomic mass is 10.2. The second-order valence-corrected chi connectivity index (χ2v) is 7.79. The molecule has 1 atom stereocenters. The topological polar surface area (TPSA) is 51.2 Å². The number of nitrogens with zero attached hydrogens (tertiary/aromatic N) is 1. The maximum Gasteiger partial charge on any atom is 0.237 e. The number of hydrogen-bond donors (Lipinski definition) is 1. The summed E-state index contributed by atoms with van der Waals surface area (Å²) in [5.74, 6) is 0.711. The van der Waals surface area contributed by atoms with Crippen LogP contribution in [0.15, 0.2) is 64.3 Å². The second kappa shape index (κ2) is 8.18. The molecule has 25 heavy (non-hydrogen) atoms. The summed E-state index contributed by atoms with van der Waals surface area (Å²) >= 11 is 3.02. The summed E-state index contributed by atoms with van der Waals surface area (Å²) in [5, 5.41) is 4.69. The largest absolute Gasteiger partial charge is 0.497 e. The molecule has 6 heteroatoms. The molecular formula is C19H18N2O2S2. The Hall–Kier alpha value is -2.31. The first-order valence-corrected chi connectivity index (χ1v) is 9.54. The van der Waals surface area contributed by atoms with Crippen LogP contribution in [0.25, 0.3) is 11.3 Å². The summed E-state index contributed by atoms with van der Waals surface area (Å²) in [6, 6.07) is 17.3. The highest BCUT2D eigenvalue weighted by Crippen LogP contribution is 2.31. The standard InChI is InChI=1S/C19H18N2O2S2/c1-13(18(22)20-15-8-10-16(23-2)11-9-15)25-19-21-17(12-24-19)14-6-4-3-5-7-14/h3-13H,1-2H3,(H,20,22)/t13-/m0/s1. The van der Waals surface area contributed by atoms with Crippen LogP contribution in [0.5, 0.6) is 5.75 Å². The third kappa shape index (κ3) is 4.61. The van der Waals surface area contributed by atoms with Crippen molar-refractivity contribution in [3.8, 4) is 17.0 Å². The molecule has 0 aliphatic heterocycles. The number of hydrogen-bond acceptors (Lipinski definition) is 5. The molecule has 0 fully saturated rings. The van der Waals surface area contributed by atoms with Crippen molar-refractivity contribution < 1.29 is 9.53 Å². The van der Waals surface area contributed by atoms with Gasteiger partial charge in [0.1, 0.15) is 5.75 Å². The molecule has 3 rings (SSSR count). The van der Waals surface area contributed by atoms with Gasteiger partial charge in [0.25, 0.3) is 0 Å². The van der Waals surface area contributed by atoms with E-state index >= 15 is 0 Å². The van der Waals surface area contributed by atoms with E-state index in [0.717, 1.165) is 27.0 Å². The molecule has 0 saturated carbocycles. The zero-order valence-electron chi connectivity index (χ0n) is 13.9. The minimum Gasteiger partial charge on any atom is -0.497 e. The molecule has 2 aromatic carbocycles. The minimum atomic E-state index is -0.239. The Bertz CT molecular complexity index is 832. The van der Waals surface area contributed by atoms with Crippen molar-refractivity contribution in [2.45, 2.75) is 16.5 Å². The highest BCUT2D eigenvalue weighted by molar-refractivity contribution is 8.02. The Kier molecular flexibility index (Phi) is 5.73. The van der Waals surface area contributed by atoms with Crippen molar-refractivity contribution in [1.29, 1.82) is 0 Å². The van der Waals surface area contributed by atoms with Crippen molar-refractivity contribution in [2.24, 2.45) is 0 Å². The zero-order chi connectivity index (χ0) is 17.6. The van der Waals surface area contributed by atoms with Gasteiger partial charge in [0, 0.05) is 16.6 Å². The fourth-order valence-electron chi connectivity index (χ4n) is 2.18. The van der Waals surface area contributed by atoms with E-state index < -0.39 is 0 Å². The summed E-state index contributed by atoms with van der Waals surface area (Å²) in [4.78, 5) is 17.0. The van der Waals surface area contributed by atoms with Crippen LogP contribution in [-0.2, 0) is 4.79 Å². The number of carbonyl (C=O) groups excluding carboxylic acids is 1. The summed E-state index contributed by atoms with van der Waals surface area (Å²) in [7, 11) is 1.62. The summed E-state index contributed by atoms with van der Waals surface area (Å²) in [5.41, 5.74) is 2.78. The average molecular weight is 370 g/mol. The molecule has 4 nitrogen and oxygen atoms in total. The Morgan fingerprint density at radius 1 is 1.16 bits per heavy atom. The normalized spacial score (nSPS) is 11.8. The van der Waals surface area contributed by atoms with E-state index in [1.165, 1.54) is 11.8 Å². The number of benzene rings is 2. The van der Waals surface area contributed by atoms with E-state index in [1.807, 2.05) is 66.9 Å². The van der Waals surface area contributed by atoms with Gasteiger partial charge in [-0.15, -0.1) is 11.3 Å². The van der Waals surface area contributed by atoms with Crippen molar-refractivity contribution in [3.63, 3.8) is 0 Å². The lowest BCUT2D eigenvalue weighted by Crippen LogP contribution is -2.22. The number of aromatic nitrogens is 1. The molecule has 1 amide bonds. The van der Waals surface area contributed by atoms with Gasteiger partial charge in [-0.05, 0) is 31.2 Å². The van der Waals surface area contributed by atoms with Gasteiger partial charge in [-0.25, -0.2) is 4.98 Å². The number of ether oxygens (including phenoxy) is 1. The fraction of sp³-hybridized carbons (Fsp3) is 0.158. The van der Waals surface area contributed by atoms with Crippen molar-refractivity contribution >= 4 is 34.7 Å². The number of nitrogens with one attached hydrogen (secondary N) is 1. The number of anilines is 1. The van der Waals surface area contributed by atoms with Crippen molar-refractivity contribution in [2.75, 3.05) is 12.4 Å². The number of methoxy groups -OCH3 is 1. The van der Waals surface area contributed by atoms with Crippen LogP contribution in [0, 0.1) is 0 Å². The van der Waals surface area contributed by atoms with Crippen LogP contribution in [-0.4, -0.2) is 23.3 Å². The van der Waals surface area contributed by atoms with E-state index in [2.05, 4.69) is 10.3 Å². The third-order valence-corrected chi connectivity index (χ3v) is 5.63. The maximum absolute atomic E-state index is 12.4. The molecule has 0 aliphatic rings. The molecule has 128 valence electrons. The SMILES string of the molecule is COc1ccc(NC(=O)[C@H](C)Sc2nc(-c3ccccc3)cs2)cc1. The molecule has 3 aromatic rings. The smallest absolute Gasteiger partial charge is 0.237 e. The highest BCUT2D eigenvalue weighted by Gasteiger charge is 2.17. The van der Waals surface area contributed by atoms with Crippen LogP contribution >= 0.6 is 23.1 Å². The van der Waals surface area contributed by atoms with Gasteiger partial charge in [-0.2, -0.15) is 0 Å². The summed E-state index contributed by atoms with van der Waals surface area (Å²) in [6.45, 7) is 1.88. The predicted octanol–water partition coefficient (Wildman–Crippen LogP) is 4.94. The summed E-state index contributed by atoms with van der Waals surface area (Å²) in [6.07, 6.45) is 0. The van der Waals surface area contributed by atoms with Gasteiger partial charge < -0.3 is 10.1 Å². The van der Waals surface area contributed by atoms with Gasteiger partial charge in [-0.1, -0.05) is 42.1 Å². The first-order valence-electron chi connectivity index (χ1n) is 7.78. The van der Waals surface area contributed by atoms with Crippen molar-refractivity contribution in [1.82, 2.24) is 4.98 Å². The van der Waals surface area contributed by atoms with Gasteiger partial charge in [0.05, 0.1) is 18.1 Å². The molecule has 1 heterocycles. The monoisotopic (exact) mass is 370 g/mol. The number of thioether (sulfide) groups is 1. The molecule has 0 radical (unpaired) electrons. The van der Waals surface area contributed by atoms with Gasteiger partial charge in [0.15, 0.2) is 4.34 Å². The van der Waals surface area contributed by atoms with E-state index in [0.29, 0.717) is 0 Å². The molecule has 0 spiro atoms. The quantitative estimate of drug-likeness (QED) is 0.625. The summed E-state index contributed by atoms with van der Waals surface area (Å²) < 4.78 is 6.00. The molecule has 0 aliphatic carbocycles. The third-order valence-electron chi connectivity index (χ3n) is 3.56. The van der Waals surface area contributed by atoms with Gasteiger partial charge >= 0.3 is 0 Å². The second-order valence-electron chi connectivity index (χ2n) is 5.34. The number of rotatable bonds is 6. The average Bonchev–Trinajstić information content (AvgIpc) is 3.11. The van der Waals surface area contributed by atoms with E-state index in [-0.39, 0.29) is 11.2 Å². The van der Waals surface area contributed by atoms with Crippen LogP contribution in [0.2, 0.25) is 0 Å². The van der Waals surface area contributed by atoms with Crippen LogP contribution < -0.4 is 10.1 Å². The fourth-order valence-corrected chi connectivity index (χ4v) is 4.15. The van der Waals surface area contributed by atoms with E-state index in [4.69, 9.17) is 4.74 Å². The maximum atomic E-state index is 12.4. The molecule has 1 aromatic heterocycles. The van der Waals surface area contributed by atoms with Crippen LogP contribution in [0.1, 0.15) is 6.92 Å². The number of thiazole rings is 1. The van der Waals surface area contributed by atoms with Gasteiger partial charge in [0.2, 0.25) is 5.91 Å². The van der Waals surface area contributed by atoms with E-state index in [9.17, 15) is 4.79 Å². The van der Waals surface area contributed by atoms with Crippen molar-refractivity contribution in [3.05, 3.63) is 60.0 Å². The predicted molar refractivity (Wildman–Crippen MR) is 104 cm³/mol. The van der Waals surface area contributed by atoms with Crippen LogP contribution in [0.4, 0.5) is 5.69 Å². The zero-order valence-corrected chi connectivity index (χ0v) is 15.6. The molecule has 0 bridgehead atoms. The Balaban J connectivity index is 1.60. The molecular weight excluding hydrogens is 352 g/mol. The Morgan fingerprint density at radius 3 is 2.56 bits per heavy atom. The molecule has 0 unspecified atom stereocenters. The van der Waals surface area contributed by atoms with Gasteiger partial charge in [-0.3, -0.25) is 4.79 Å². The highest BCUT2D eigenvalue weighted by atomic mass is 32.2.